The predicted molar refractivity (Wildman–Crippen MR) is 101 cm³/mol. The number of piperidine rings is 1. The number of aromatic nitrogens is 2. The average Bonchev–Trinajstić information content (AvgIpc) is 3.07. The minimum absolute atomic E-state index is 0.259. The van der Waals surface area contributed by atoms with E-state index in [1.54, 1.807) is 11.0 Å². The number of halogens is 1. The summed E-state index contributed by atoms with van der Waals surface area (Å²) in [7, 11) is 0. The largest absolute Gasteiger partial charge is 0.385 e. The zero-order valence-corrected chi connectivity index (χ0v) is 15.0. The number of carbonyl (C=O) groups excluding carboxylic acids is 1. The lowest BCUT2D eigenvalue weighted by molar-refractivity contribution is -0.0164. The third-order valence-electron chi connectivity index (χ3n) is 5.27. The molecular weight excluding hydrogens is 347 g/mol. The molecule has 4 rings (SSSR count). The molecule has 3 N–H and O–H groups in total. The molecule has 3 aromatic rings. The molecule has 0 saturated carbocycles. The van der Waals surface area contributed by atoms with E-state index in [2.05, 4.69) is 15.5 Å². The van der Waals surface area contributed by atoms with Crippen LogP contribution in [0.2, 0.25) is 0 Å². The van der Waals surface area contributed by atoms with Gasteiger partial charge in [-0.25, -0.2) is 9.18 Å². The van der Waals surface area contributed by atoms with Gasteiger partial charge in [-0.15, -0.1) is 0 Å². The summed E-state index contributed by atoms with van der Waals surface area (Å²) in [6.45, 7) is 2.61. The molecular formula is C20H21FN4O2. The summed E-state index contributed by atoms with van der Waals surface area (Å²) in [5.41, 5.74) is 1.17. The maximum absolute atomic E-state index is 13.6. The quantitative estimate of drug-likeness (QED) is 0.647. The second-order valence-corrected chi connectivity index (χ2v) is 7.03. The van der Waals surface area contributed by atoms with Crippen LogP contribution >= 0.6 is 0 Å². The van der Waals surface area contributed by atoms with E-state index in [9.17, 15) is 14.3 Å². The van der Waals surface area contributed by atoms with Crippen molar-refractivity contribution in [1.29, 1.82) is 0 Å². The van der Waals surface area contributed by atoms with Crippen molar-refractivity contribution in [3.8, 4) is 0 Å². The number of aromatic amines is 1. The molecule has 0 spiro atoms. The zero-order chi connectivity index (χ0) is 19.0. The van der Waals surface area contributed by atoms with Crippen molar-refractivity contribution in [3.63, 3.8) is 0 Å². The number of para-hydroxylation sites is 1. The van der Waals surface area contributed by atoms with Gasteiger partial charge in [0.2, 0.25) is 0 Å². The van der Waals surface area contributed by atoms with E-state index in [0.717, 1.165) is 16.5 Å². The standard InChI is InChI=1S/C20H21FN4O2/c1-13-6-7-14(21)12-16(13)20(27)8-10-25(11-9-20)19(26)22-18-15-4-2-3-5-17(15)23-24-18/h2-7,12,27H,8-11H2,1H3,(H2,22,23,24,26). The van der Waals surface area contributed by atoms with Crippen molar-refractivity contribution in [3.05, 3.63) is 59.4 Å². The minimum atomic E-state index is -1.12. The first-order valence-corrected chi connectivity index (χ1v) is 8.94. The second-order valence-electron chi connectivity index (χ2n) is 7.03. The van der Waals surface area contributed by atoms with Gasteiger partial charge in [-0.2, -0.15) is 5.10 Å². The molecule has 6 nitrogen and oxygen atoms in total. The summed E-state index contributed by atoms with van der Waals surface area (Å²) >= 11 is 0. The Bertz CT molecular complexity index is 993. The number of rotatable bonds is 2. The van der Waals surface area contributed by atoms with Gasteiger partial charge in [-0.3, -0.25) is 10.4 Å². The molecule has 7 heteroatoms. The molecule has 1 fully saturated rings. The number of aryl methyl sites for hydroxylation is 1. The minimum Gasteiger partial charge on any atom is -0.385 e. The lowest BCUT2D eigenvalue weighted by Crippen LogP contribution is -2.47. The van der Waals surface area contributed by atoms with Crippen LogP contribution in [-0.2, 0) is 5.60 Å². The SMILES string of the molecule is Cc1ccc(F)cc1C1(O)CCN(C(=O)Nc2n[nH]c3ccccc23)CC1. The second kappa shape index (κ2) is 6.66. The van der Waals surface area contributed by atoms with E-state index in [1.165, 1.54) is 12.1 Å². The number of amides is 2. The molecule has 0 unspecified atom stereocenters. The van der Waals surface area contributed by atoms with Crippen LogP contribution in [0.15, 0.2) is 42.5 Å². The van der Waals surface area contributed by atoms with Crippen molar-refractivity contribution in [2.45, 2.75) is 25.4 Å². The van der Waals surface area contributed by atoms with Crippen LogP contribution in [0.3, 0.4) is 0 Å². The molecule has 1 saturated heterocycles. The molecule has 2 aromatic carbocycles. The van der Waals surface area contributed by atoms with Crippen molar-refractivity contribution < 1.29 is 14.3 Å². The number of fused-ring (bicyclic) bond motifs is 1. The highest BCUT2D eigenvalue weighted by Gasteiger charge is 2.36. The number of nitrogens with zero attached hydrogens (tertiary/aromatic N) is 2. The van der Waals surface area contributed by atoms with Crippen LogP contribution < -0.4 is 5.32 Å². The van der Waals surface area contributed by atoms with E-state index in [1.807, 2.05) is 31.2 Å². The predicted octanol–water partition coefficient (Wildman–Crippen LogP) is 3.53. The number of carbonyl (C=O) groups is 1. The zero-order valence-electron chi connectivity index (χ0n) is 15.0. The summed E-state index contributed by atoms with van der Waals surface area (Å²) in [4.78, 5) is 14.2. The number of nitrogens with one attached hydrogen (secondary N) is 2. The van der Waals surface area contributed by atoms with Crippen molar-refractivity contribution in [2.75, 3.05) is 18.4 Å². The van der Waals surface area contributed by atoms with Crippen molar-refractivity contribution in [2.24, 2.45) is 0 Å². The Kier molecular flexibility index (Phi) is 4.31. The molecule has 2 heterocycles. The molecule has 0 radical (unpaired) electrons. The van der Waals surface area contributed by atoms with Gasteiger partial charge in [0.05, 0.1) is 11.1 Å². The Morgan fingerprint density at radius 2 is 2.00 bits per heavy atom. The number of likely N-dealkylation sites (tertiary alicyclic amines) is 1. The van der Waals surface area contributed by atoms with Gasteiger partial charge in [0.15, 0.2) is 5.82 Å². The van der Waals surface area contributed by atoms with Crippen LogP contribution in [0, 0.1) is 12.7 Å². The van der Waals surface area contributed by atoms with Crippen molar-refractivity contribution >= 4 is 22.8 Å². The first-order chi connectivity index (χ1) is 13.0. The van der Waals surface area contributed by atoms with E-state index in [-0.39, 0.29) is 11.8 Å². The summed E-state index contributed by atoms with van der Waals surface area (Å²) < 4.78 is 13.6. The first-order valence-electron chi connectivity index (χ1n) is 8.94. The lowest BCUT2D eigenvalue weighted by Gasteiger charge is -2.39. The maximum atomic E-state index is 13.6. The fourth-order valence-electron chi connectivity index (χ4n) is 3.68. The molecule has 0 atom stereocenters. The Morgan fingerprint density at radius 1 is 1.26 bits per heavy atom. The number of anilines is 1. The van der Waals surface area contributed by atoms with Crippen LogP contribution in [0.1, 0.15) is 24.0 Å². The first kappa shape index (κ1) is 17.5. The Labute approximate surface area is 156 Å². The fraction of sp³-hybridized carbons (Fsp3) is 0.300. The van der Waals surface area contributed by atoms with Gasteiger partial charge >= 0.3 is 6.03 Å². The normalized spacial score (nSPS) is 16.5. The molecule has 0 aliphatic carbocycles. The Balaban J connectivity index is 1.45. The van der Waals surface area contributed by atoms with Gasteiger partial charge in [-0.05, 0) is 55.2 Å². The summed E-state index contributed by atoms with van der Waals surface area (Å²) in [6, 6.07) is 11.7. The van der Waals surface area contributed by atoms with Crippen LogP contribution in [0.5, 0.6) is 0 Å². The third-order valence-corrected chi connectivity index (χ3v) is 5.27. The number of urea groups is 1. The summed E-state index contributed by atoms with van der Waals surface area (Å²) in [5.74, 6) is 0.118. The maximum Gasteiger partial charge on any atom is 0.323 e. The highest BCUT2D eigenvalue weighted by molar-refractivity contribution is 5.98. The third kappa shape index (κ3) is 3.26. The number of H-pyrrole nitrogens is 1. The number of benzene rings is 2. The number of hydrogen-bond donors (Lipinski definition) is 3. The van der Waals surface area contributed by atoms with Crippen molar-refractivity contribution in [1.82, 2.24) is 15.1 Å². The van der Waals surface area contributed by atoms with E-state index in [0.29, 0.717) is 37.3 Å². The van der Waals surface area contributed by atoms with E-state index >= 15 is 0 Å². The van der Waals surface area contributed by atoms with Gasteiger partial charge in [0, 0.05) is 18.5 Å². The highest BCUT2D eigenvalue weighted by Crippen LogP contribution is 2.35. The van der Waals surface area contributed by atoms with Crippen LogP contribution in [0.4, 0.5) is 15.0 Å². The lowest BCUT2D eigenvalue weighted by atomic mass is 9.82. The Hall–Kier alpha value is -2.93. The molecule has 1 aliphatic heterocycles. The van der Waals surface area contributed by atoms with Gasteiger partial charge in [0.25, 0.3) is 0 Å². The highest BCUT2D eigenvalue weighted by atomic mass is 19.1. The average molecular weight is 368 g/mol. The van der Waals surface area contributed by atoms with Gasteiger partial charge < -0.3 is 10.0 Å². The van der Waals surface area contributed by atoms with Crippen LogP contribution in [-0.4, -0.2) is 39.3 Å². The molecule has 1 aromatic heterocycles. The topological polar surface area (TPSA) is 81.2 Å². The number of hydrogen-bond acceptors (Lipinski definition) is 3. The smallest absolute Gasteiger partial charge is 0.323 e. The summed E-state index contributed by atoms with van der Waals surface area (Å²) in [6.07, 6.45) is 0.706. The molecule has 140 valence electrons. The molecule has 0 bridgehead atoms. The summed E-state index contributed by atoms with van der Waals surface area (Å²) in [5, 5.41) is 21.7. The molecule has 1 aliphatic rings. The van der Waals surface area contributed by atoms with E-state index in [4.69, 9.17) is 0 Å². The van der Waals surface area contributed by atoms with Gasteiger partial charge in [-0.1, -0.05) is 18.2 Å². The monoisotopic (exact) mass is 368 g/mol. The Morgan fingerprint density at radius 3 is 2.78 bits per heavy atom. The van der Waals surface area contributed by atoms with Gasteiger partial charge in [0.1, 0.15) is 5.82 Å². The van der Waals surface area contributed by atoms with E-state index < -0.39 is 5.60 Å². The molecule has 27 heavy (non-hydrogen) atoms. The number of aliphatic hydroxyl groups is 1. The van der Waals surface area contributed by atoms with Crippen LogP contribution in [0.25, 0.3) is 10.9 Å². The fourth-order valence-corrected chi connectivity index (χ4v) is 3.68. The molecule has 2 amide bonds.